The lowest BCUT2D eigenvalue weighted by Gasteiger charge is -2.30. The summed E-state index contributed by atoms with van der Waals surface area (Å²) in [4.78, 5) is 125. The Morgan fingerprint density at radius 1 is 0.757 bits per heavy atom. The standard InChI is InChI=1S/C50H72N16O8/c1-29(2)42(43(53)68)65-48(73)40-18-11-21-66(40)49(74)37(16-8-9-19-51)61-41(67)27-59-45(70)39(23-31-25-58-35-15-7-6-14-33(31)35)64-46(71)36(17-10-20-57-50(54)55)62-47(72)38(22-30-12-4-3-5-13-30)63-44(69)34(52)24-32-26-56-28-60-32/h3-7,12-15,25-26,28-29,34,36-40,42,58H,8-11,16-24,27,51-52H2,1-2H3,(H2,53,68)(H,56,60)(H,59,70)(H,61,67)(H,62,72)(H,63,69)(H,64,71)(H,65,73)(H4,54,55,57)/t34-,36-,37-,38-,39-,40-,42+/m0/s1. The van der Waals surface area contributed by atoms with Gasteiger partial charge in [0.05, 0.1) is 18.9 Å². The van der Waals surface area contributed by atoms with E-state index in [2.05, 4.69) is 51.8 Å². The molecule has 74 heavy (non-hydrogen) atoms. The molecule has 2 aromatic carbocycles. The summed E-state index contributed by atoms with van der Waals surface area (Å²) in [6.07, 6.45) is 6.99. The van der Waals surface area contributed by atoms with Crippen LogP contribution in [-0.4, -0.2) is 142 Å². The third-order valence-corrected chi connectivity index (χ3v) is 12.7. The molecule has 18 N–H and O–H groups in total. The lowest BCUT2D eigenvalue weighted by Crippen LogP contribution is -2.59. The average molecular weight is 1030 g/mol. The van der Waals surface area contributed by atoms with Crippen LogP contribution in [0.15, 0.2) is 78.3 Å². The number of nitrogens with two attached hydrogens (primary N) is 5. The van der Waals surface area contributed by atoms with Crippen LogP contribution in [0.4, 0.5) is 0 Å². The second kappa shape index (κ2) is 28.4. The molecule has 3 heterocycles. The highest BCUT2D eigenvalue weighted by atomic mass is 16.2. The highest BCUT2D eigenvalue weighted by Gasteiger charge is 2.39. The van der Waals surface area contributed by atoms with Crippen LogP contribution in [0.3, 0.4) is 0 Å². The maximum atomic E-state index is 14.5. The van der Waals surface area contributed by atoms with Crippen LogP contribution in [-0.2, 0) is 57.6 Å². The second-order valence-electron chi connectivity index (χ2n) is 18.7. The SMILES string of the molecule is CC(C)[C@@H](NC(=O)[C@@H]1CCCN1C(=O)[C@H](CCCCN)NC(=O)CNC(=O)[C@H](Cc1c[nH]c2ccccc12)NC(=O)[C@H](CCCN=C(N)N)NC(=O)[C@H](Cc1ccccc1)NC(=O)[C@@H](N)Cc1cnc[nH]1)C(N)=O. The number of guanidine groups is 1. The summed E-state index contributed by atoms with van der Waals surface area (Å²) in [5.41, 5.74) is 31.4. The molecule has 0 saturated carbocycles. The molecule has 1 aliphatic heterocycles. The van der Waals surface area contributed by atoms with Crippen LogP contribution in [0.1, 0.15) is 75.6 Å². The maximum Gasteiger partial charge on any atom is 0.245 e. The van der Waals surface area contributed by atoms with Gasteiger partial charge in [0.1, 0.15) is 36.3 Å². The number of carbonyl (C=O) groups is 8. The Kier molecular flexibility index (Phi) is 21.9. The molecule has 2 aromatic heterocycles. The highest BCUT2D eigenvalue weighted by Crippen LogP contribution is 2.22. The number of amides is 8. The van der Waals surface area contributed by atoms with E-state index in [0.717, 1.165) is 10.9 Å². The number of para-hydroxylation sites is 1. The van der Waals surface area contributed by atoms with E-state index in [1.807, 2.05) is 24.3 Å². The molecule has 4 aromatic rings. The van der Waals surface area contributed by atoms with Gasteiger partial charge in [-0.15, -0.1) is 0 Å². The van der Waals surface area contributed by atoms with Crippen LogP contribution in [0.5, 0.6) is 0 Å². The predicted molar refractivity (Wildman–Crippen MR) is 277 cm³/mol. The number of fused-ring (bicyclic) bond motifs is 1. The van der Waals surface area contributed by atoms with E-state index >= 15 is 0 Å². The van der Waals surface area contributed by atoms with Gasteiger partial charge in [-0.1, -0.05) is 62.4 Å². The third-order valence-electron chi connectivity index (χ3n) is 12.7. The summed E-state index contributed by atoms with van der Waals surface area (Å²) in [6.45, 7) is 3.52. The molecule has 0 aliphatic carbocycles. The molecule has 400 valence electrons. The summed E-state index contributed by atoms with van der Waals surface area (Å²) in [6, 6.07) is 8.45. The van der Waals surface area contributed by atoms with E-state index in [1.165, 1.54) is 17.4 Å². The molecule has 24 heteroatoms. The van der Waals surface area contributed by atoms with Gasteiger partial charge >= 0.3 is 0 Å². The molecule has 1 aliphatic rings. The molecular weight excluding hydrogens is 953 g/mol. The molecule has 0 bridgehead atoms. The number of likely N-dealkylation sites (tertiary alicyclic amines) is 1. The molecule has 0 unspecified atom stereocenters. The van der Waals surface area contributed by atoms with E-state index in [4.69, 9.17) is 28.7 Å². The van der Waals surface area contributed by atoms with Crippen molar-refractivity contribution >= 4 is 64.1 Å². The van der Waals surface area contributed by atoms with Crippen molar-refractivity contribution in [2.24, 2.45) is 39.6 Å². The number of hydrogen-bond donors (Lipinski definition) is 13. The second-order valence-corrected chi connectivity index (χ2v) is 18.7. The number of nitrogens with zero attached hydrogens (tertiary/aromatic N) is 3. The van der Waals surface area contributed by atoms with Crippen molar-refractivity contribution in [3.8, 4) is 0 Å². The van der Waals surface area contributed by atoms with Crippen LogP contribution in [0.2, 0.25) is 0 Å². The molecule has 1 fully saturated rings. The van der Waals surface area contributed by atoms with Crippen LogP contribution in [0.25, 0.3) is 10.9 Å². The number of imidazole rings is 1. The summed E-state index contributed by atoms with van der Waals surface area (Å²) in [5.74, 6) is -5.83. The Morgan fingerprint density at radius 2 is 1.43 bits per heavy atom. The fraction of sp³-hybridized carbons (Fsp3) is 0.480. The summed E-state index contributed by atoms with van der Waals surface area (Å²) < 4.78 is 0. The number of nitrogens with one attached hydrogen (secondary N) is 8. The van der Waals surface area contributed by atoms with Crippen LogP contribution >= 0.6 is 0 Å². The predicted octanol–water partition coefficient (Wildman–Crippen LogP) is -1.90. The van der Waals surface area contributed by atoms with E-state index in [1.54, 1.807) is 50.4 Å². The van der Waals surface area contributed by atoms with Crippen molar-refractivity contribution in [3.63, 3.8) is 0 Å². The van der Waals surface area contributed by atoms with Crippen molar-refractivity contribution in [3.05, 3.63) is 90.1 Å². The molecule has 8 amide bonds. The minimum Gasteiger partial charge on any atom is -0.370 e. The minimum absolute atomic E-state index is 0.00785. The number of rotatable bonds is 29. The minimum atomic E-state index is -1.33. The van der Waals surface area contributed by atoms with Crippen LogP contribution < -0.4 is 60.6 Å². The van der Waals surface area contributed by atoms with Gasteiger partial charge in [-0.2, -0.15) is 0 Å². The summed E-state index contributed by atoms with van der Waals surface area (Å²) in [7, 11) is 0. The molecule has 24 nitrogen and oxygen atoms in total. The maximum absolute atomic E-state index is 14.5. The topological polar surface area (TPSA) is 399 Å². The number of hydrogen-bond acceptors (Lipinski definition) is 12. The molecule has 0 radical (unpaired) electrons. The van der Waals surface area contributed by atoms with Crippen molar-refractivity contribution in [2.45, 2.75) is 120 Å². The molecule has 7 atom stereocenters. The lowest BCUT2D eigenvalue weighted by atomic mass is 10.0. The number of unbranched alkanes of at least 4 members (excludes halogenated alkanes) is 1. The van der Waals surface area contributed by atoms with E-state index in [0.29, 0.717) is 49.0 Å². The average Bonchev–Trinajstić information content (AvgIpc) is 4.17. The Bertz CT molecular complexity index is 2550. The van der Waals surface area contributed by atoms with Gasteiger partial charge < -0.3 is 75.4 Å². The lowest BCUT2D eigenvalue weighted by molar-refractivity contribution is -0.142. The van der Waals surface area contributed by atoms with Gasteiger partial charge in [-0.3, -0.25) is 43.3 Å². The Balaban J connectivity index is 1.35. The van der Waals surface area contributed by atoms with E-state index < -0.39 is 96.1 Å². The van der Waals surface area contributed by atoms with Gasteiger partial charge in [0, 0.05) is 61.3 Å². The Labute approximate surface area is 429 Å². The van der Waals surface area contributed by atoms with Crippen LogP contribution in [0, 0.1) is 5.92 Å². The molecule has 5 rings (SSSR count). The van der Waals surface area contributed by atoms with Gasteiger partial charge in [0.25, 0.3) is 0 Å². The van der Waals surface area contributed by atoms with E-state index in [9.17, 15) is 38.4 Å². The first-order valence-corrected chi connectivity index (χ1v) is 24.9. The van der Waals surface area contributed by atoms with Gasteiger partial charge in [0.15, 0.2) is 5.96 Å². The summed E-state index contributed by atoms with van der Waals surface area (Å²) >= 11 is 0. The quantitative estimate of drug-likeness (QED) is 0.0161. The van der Waals surface area contributed by atoms with Crippen molar-refractivity contribution < 1.29 is 38.4 Å². The number of carbonyl (C=O) groups excluding carboxylic acids is 8. The largest absolute Gasteiger partial charge is 0.370 e. The number of aromatic amines is 2. The zero-order valence-corrected chi connectivity index (χ0v) is 41.9. The van der Waals surface area contributed by atoms with Gasteiger partial charge in [-0.05, 0) is 74.6 Å². The first-order valence-electron chi connectivity index (χ1n) is 24.9. The molecular formula is C50H72N16O8. The number of benzene rings is 2. The zero-order valence-electron chi connectivity index (χ0n) is 41.9. The number of aromatic nitrogens is 3. The smallest absolute Gasteiger partial charge is 0.245 e. The first kappa shape index (κ1) is 57.0. The molecule has 1 saturated heterocycles. The van der Waals surface area contributed by atoms with Crippen molar-refractivity contribution in [2.75, 3.05) is 26.2 Å². The van der Waals surface area contributed by atoms with Crippen molar-refractivity contribution in [1.82, 2.24) is 51.8 Å². The fourth-order valence-electron chi connectivity index (χ4n) is 8.72. The molecule has 0 spiro atoms. The number of H-pyrrole nitrogens is 2. The van der Waals surface area contributed by atoms with Gasteiger partial charge in [0.2, 0.25) is 47.3 Å². The normalized spacial score (nSPS) is 15.7. The Hall–Kier alpha value is -7.86. The monoisotopic (exact) mass is 1020 g/mol. The first-order chi connectivity index (χ1) is 35.4. The van der Waals surface area contributed by atoms with Crippen molar-refractivity contribution in [1.29, 1.82) is 0 Å². The highest BCUT2D eigenvalue weighted by molar-refractivity contribution is 5.98. The Morgan fingerprint density at radius 3 is 2.12 bits per heavy atom. The third kappa shape index (κ3) is 17.1. The van der Waals surface area contributed by atoms with E-state index in [-0.39, 0.29) is 63.5 Å². The number of aliphatic imine (C=N–C) groups is 1. The van der Waals surface area contributed by atoms with Gasteiger partial charge in [-0.25, -0.2) is 4.98 Å². The fourth-order valence-corrected chi connectivity index (χ4v) is 8.72. The number of primary amides is 1. The summed E-state index contributed by atoms with van der Waals surface area (Å²) in [5, 5.41) is 17.1. The zero-order chi connectivity index (χ0) is 53.7.